The molecule has 0 aliphatic carbocycles. The molecule has 1 saturated heterocycles. The van der Waals surface area contributed by atoms with Crippen molar-refractivity contribution < 1.29 is 4.79 Å². The Morgan fingerprint density at radius 2 is 2.39 bits per heavy atom. The number of nitrogens with one attached hydrogen (secondary N) is 1. The quantitative estimate of drug-likeness (QED) is 0.858. The zero-order valence-corrected chi connectivity index (χ0v) is 11.8. The number of piperazine rings is 1. The third kappa shape index (κ3) is 2.66. The minimum absolute atomic E-state index is 0.139. The minimum Gasteiger partial charge on any atom is -0.320 e. The highest BCUT2D eigenvalue weighted by Crippen LogP contribution is 2.24. The highest BCUT2D eigenvalue weighted by molar-refractivity contribution is 9.10. The van der Waals surface area contributed by atoms with Crippen LogP contribution in [0.25, 0.3) is 0 Å². The summed E-state index contributed by atoms with van der Waals surface area (Å²) in [6.07, 6.45) is 0. The van der Waals surface area contributed by atoms with E-state index in [9.17, 15) is 4.79 Å². The minimum atomic E-state index is -0.416. The van der Waals surface area contributed by atoms with E-state index in [-0.39, 0.29) is 5.91 Å². The van der Waals surface area contributed by atoms with Gasteiger partial charge in [0.1, 0.15) is 6.04 Å². The molecular formula is C12H11BrClN3O. The number of nitriles is 1. The SMILES string of the molecule is N#CC1CNCCN1C(=O)c1ccc(Cl)c(Br)c1. The Morgan fingerprint density at radius 1 is 1.61 bits per heavy atom. The molecule has 0 spiro atoms. The number of hydrogen-bond acceptors (Lipinski definition) is 3. The van der Waals surface area contributed by atoms with Gasteiger partial charge in [0.15, 0.2) is 0 Å². The topological polar surface area (TPSA) is 56.1 Å². The second kappa shape index (κ2) is 5.70. The fourth-order valence-corrected chi connectivity index (χ4v) is 2.35. The van der Waals surface area contributed by atoms with E-state index in [0.29, 0.717) is 34.7 Å². The number of hydrogen-bond donors (Lipinski definition) is 1. The molecular weight excluding hydrogens is 318 g/mol. The molecule has 0 bridgehead atoms. The molecule has 6 heteroatoms. The van der Waals surface area contributed by atoms with Gasteiger partial charge in [-0.3, -0.25) is 4.79 Å². The average molecular weight is 329 g/mol. The summed E-state index contributed by atoms with van der Waals surface area (Å²) in [6, 6.07) is 6.74. The molecule has 1 amide bonds. The first-order valence-electron chi connectivity index (χ1n) is 5.50. The van der Waals surface area contributed by atoms with Gasteiger partial charge >= 0.3 is 0 Å². The van der Waals surface area contributed by atoms with E-state index in [1.165, 1.54) is 0 Å². The van der Waals surface area contributed by atoms with Crippen molar-refractivity contribution in [1.29, 1.82) is 5.26 Å². The zero-order valence-electron chi connectivity index (χ0n) is 9.49. The molecule has 1 fully saturated rings. The predicted octanol–water partition coefficient (Wildman–Crippen LogP) is 2.04. The maximum absolute atomic E-state index is 12.3. The molecule has 18 heavy (non-hydrogen) atoms. The summed E-state index contributed by atoms with van der Waals surface area (Å²) in [5, 5.41) is 12.7. The largest absolute Gasteiger partial charge is 0.320 e. The van der Waals surface area contributed by atoms with Crippen molar-refractivity contribution in [3.63, 3.8) is 0 Å². The van der Waals surface area contributed by atoms with Gasteiger partial charge in [0, 0.05) is 29.7 Å². The van der Waals surface area contributed by atoms with Crippen LogP contribution >= 0.6 is 27.5 Å². The Morgan fingerprint density at radius 3 is 3.06 bits per heavy atom. The van der Waals surface area contributed by atoms with E-state index < -0.39 is 6.04 Å². The Kier molecular flexibility index (Phi) is 4.23. The lowest BCUT2D eigenvalue weighted by molar-refractivity contribution is 0.0687. The van der Waals surface area contributed by atoms with Crippen molar-refractivity contribution in [2.24, 2.45) is 0 Å². The lowest BCUT2D eigenvalue weighted by atomic mass is 10.1. The second-order valence-electron chi connectivity index (χ2n) is 3.98. The van der Waals surface area contributed by atoms with Crippen molar-refractivity contribution in [2.45, 2.75) is 6.04 Å². The molecule has 1 aromatic carbocycles. The summed E-state index contributed by atoms with van der Waals surface area (Å²) < 4.78 is 0.679. The van der Waals surface area contributed by atoms with Crippen LogP contribution in [0.1, 0.15) is 10.4 Å². The van der Waals surface area contributed by atoms with Gasteiger partial charge in [0.25, 0.3) is 5.91 Å². The van der Waals surface area contributed by atoms with E-state index in [2.05, 4.69) is 27.3 Å². The number of rotatable bonds is 1. The molecule has 1 aliphatic heterocycles. The molecule has 0 saturated carbocycles. The lowest BCUT2D eigenvalue weighted by Gasteiger charge is -2.32. The van der Waals surface area contributed by atoms with Gasteiger partial charge in [0.05, 0.1) is 11.1 Å². The van der Waals surface area contributed by atoms with E-state index in [1.807, 2.05) is 0 Å². The van der Waals surface area contributed by atoms with Crippen LogP contribution in [0.15, 0.2) is 22.7 Å². The highest BCUT2D eigenvalue weighted by atomic mass is 79.9. The van der Waals surface area contributed by atoms with Crippen LogP contribution in [-0.4, -0.2) is 36.5 Å². The first-order valence-corrected chi connectivity index (χ1v) is 6.67. The Labute approximate surface area is 119 Å². The van der Waals surface area contributed by atoms with Crippen molar-refractivity contribution in [3.05, 3.63) is 33.3 Å². The Bertz CT molecular complexity index is 515. The number of nitrogens with zero attached hydrogens (tertiary/aromatic N) is 2. The summed E-state index contributed by atoms with van der Waals surface area (Å²) in [5.41, 5.74) is 0.536. The van der Waals surface area contributed by atoms with Crippen LogP contribution in [0.2, 0.25) is 5.02 Å². The van der Waals surface area contributed by atoms with Crippen molar-refractivity contribution in [3.8, 4) is 6.07 Å². The average Bonchev–Trinajstić information content (AvgIpc) is 2.41. The van der Waals surface area contributed by atoms with Crippen LogP contribution in [0, 0.1) is 11.3 Å². The van der Waals surface area contributed by atoms with Gasteiger partial charge in [-0.2, -0.15) is 5.26 Å². The summed E-state index contributed by atoms with van der Waals surface area (Å²) in [6.45, 7) is 1.76. The molecule has 0 aromatic heterocycles. The van der Waals surface area contributed by atoms with Gasteiger partial charge in [-0.05, 0) is 34.1 Å². The Hall–Kier alpha value is -1.09. The first kappa shape index (κ1) is 13.3. The van der Waals surface area contributed by atoms with E-state index in [4.69, 9.17) is 16.9 Å². The number of carbonyl (C=O) groups excluding carboxylic acids is 1. The van der Waals surface area contributed by atoms with Gasteiger partial charge < -0.3 is 10.2 Å². The fourth-order valence-electron chi connectivity index (χ4n) is 1.86. The maximum Gasteiger partial charge on any atom is 0.255 e. The van der Waals surface area contributed by atoms with Gasteiger partial charge in [-0.15, -0.1) is 0 Å². The van der Waals surface area contributed by atoms with Gasteiger partial charge in [0.2, 0.25) is 0 Å². The van der Waals surface area contributed by atoms with Crippen LogP contribution < -0.4 is 5.32 Å². The van der Waals surface area contributed by atoms with Crippen LogP contribution in [-0.2, 0) is 0 Å². The molecule has 4 nitrogen and oxygen atoms in total. The monoisotopic (exact) mass is 327 g/mol. The highest BCUT2D eigenvalue weighted by Gasteiger charge is 2.27. The maximum atomic E-state index is 12.3. The number of halogens is 2. The smallest absolute Gasteiger partial charge is 0.255 e. The predicted molar refractivity (Wildman–Crippen MR) is 72.5 cm³/mol. The summed E-state index contributed by atoms with van der Waals surface area (Å²) in [5.74, 6) is -0.139. The number of carbonyl (C=O) groups is 1. The molecule has 2 rings (SSSR count). The van der Waals surface area contributed by atoms with Gasteiger partial charge in [-0.1, -0.05) is 11.6 Å². The summed E-state index contributed by atoms with van der Waals surface area (Å²) in [4.78, 5) is 13.9. The molecule has 1 N–H and O–H groups in total. The number of benzene rings is 1. The van der Waals surface area contributed by atoms with Gasteiger partial charge in [-0.25, -0.2) is 0 Å². The molecule has 1 heterocycles. The van der Waals surface area contributed by atoms with Crippen molar-refractivity contribution in [2.75, 3.05) is 19.6 Å². The zero-order chi connectivity index (χ0) is 13.1. The van der Waals surface area contributed by atoms with Crippen LogP contribution in [0.5, 0.6) is 0 Å². The molecule has 1 aromatic rings. The molecule has 1 atom stereocenters. The molecule has 1 aliphatic rings. The van der Waals surface area contributed by atoms with Crippen LogP contribution in [0.3, 0.4) is 0 Å². The Balaban J connectivity index is 2.24. The summed E-state index contributed by atoms with van der Waals surface area (Å²) >= 11 is 9.18. The molecule has 1 unspecified atom stereocenters. The lowest BCUT2D eigenvalue weighted by Crippen LogP contribution is -2.53. The molecule has 0 radical (unpaired) electrons. The van der Waals surface area contributed by atoms with E-state index in [0.717, 1.165) is 0 Å². The standard InChI is InChI=1S/C12H11BrClN3O/c13-10-5-8(1-2-11(10)14)12(18)17-4-3-16-7-9(17)6-15/h1-2,5,9,16H,3-4,7H2. The number of amides is 1. The van der Waals surface area contributed by atoms with Crippen molar-refractivity contribution in [1.82, 2.24) is 10.2 Å². The molecule has 94 valence electrons. The third-order valence-corrected chi connectivity index (χ3v) is 4.03. The summed E-state index contributed by atoms with van der Waals surface area (Å²) in [7, 11) is 0. The fraction of sp³-hybridized carbons (Fsp3) is 0.333. The second-order valence-corrected chi connectivity index (χ2v) is 5.24. The van der Waals surface area contributed by atoms with E-state index in [1.54, 1.807) is 23.1 Å². The normalized spacial score (nSPS) is 19.4. The first-order chi connectivity index (χ1) is 8.63. The van der Waals surface area contributed by atoms with E-state index >= 15 is 0 Å². The van der Waals surface area contributed by atoms with Crippen LogP contribution in [0.4, 0.5) is 0 Å². The third-order valence-electron chi connectivity index (χ3n) is 2.82. The van der Waals surface area contributed by atoms with Crippen molar-refractivity contribution >= 4 is 33.4 Å².